The van der Waals surface area contributed by atoms with Crippen LogP contribution in [0.2, 0.25) is 0 Å². The molecule has 2 nitrogen and oxygen atoms in total. The molecule has 0 spiro atoms. The van der Waals surface area contributed by atoms with Crippen LogP contribution in [-0.2, 0) is 9.47 Å². The predicted octanol–water partition coefficient (Wildman–Crippen LogP) is 5.35. The molecule has 0 amide bonds. The Morgan fingerprint density at radius 2 is 1.55 bits per heavy atom. The summed E-state index contributed by atoms with van der Waals surface area (Å²) in [4.78, 5) is 0. The van der Waals surface area contributed by atoms with Crippen molar-refractivity contribution < 1.29 is 9.47 Å². The van der Waals surface area contributed by atoms with Crippen LogP contribution in [0.25, 0.3) is 0 Å². The van der Waals surface area contributed by atoms with E-state index in [0.29, 0.717) is 12.2 Å². The fourth-order valence-corrected chi connectivity index (χ4v) is 2.58. The zero-order valence-electron chi connectivity index (χ0n) is 14.0. The first-order chi connectivity index (χ1) is 9.74. The summed E-state index contributed by atoms with van der Waals surface area (Å²) >= 11 is 0. The Morgan fingerprint density at radius 3 is 2.20 bits per heavy atom. The SMILES string of the molecule is CCCCCCCCCC[C@H]1O[C@H]1COCCC(C)C. The van der Waals surface area contributed by atoms with Crippen LogP contribution in [0.5, 0.6) is 0 Å². The Balaban J connectivity index is 1.76. The van der Waals surface area contributed by atoms with Crippen LogP contribution in [0.3, 0.4) is 0 Å². The number of unbranched alkanes of at least 4 members (excludes halogenated alkanes) is 7. The van der Waals surface area contributed by atoms with E-state index in [1.54, 1.807) is 0 Å². The summed E-state index contributed by atoms with van der Waals surface area (Å²) in [5, 5.41) is 0. The van der Waals surface area contributed by atoms with Gasteiger partial charge in [0.15, 0.2) is 0 Å². The molecule has 1 rings (SSSR count). The van der Waals surface area contributed by atoms with Gasteiger partial charge in [-0.05, 0) is 18.8 Å². The lowest BCUT2D eigenvalue weighted by Crippen LogP contribution is -2.07. The standard InChI is InChI=1S/C18H36O2/c1-4-5-6-7-8-9-10-11-12-17-18(20-17)15-19-14-13-16(2)3/h16-18H,4-15H2,1-3H3/t17-,18+/m1/s1. The summed E-state index contributed by atoms with van der Waals surface area (Å²) in [5.74, 6) is 0.739. The highest BCUT2D eigenvalue weighted by molar-refractivity contribution is 4.84. The molecule has 2 heteroatoms. The molecule has 1 fully saturated rings. The molecule has 1 aliphatic rings. The van der Waals surface area contributed by atoms with Crippen molar-refractivity contribution in [2.75, 3.05) is 13.2 Å². The van der Waals surface area contributed by atoms with Gasteiger partial charge < -0.3 is 9.47 Å². The first-order valence-electron chi connectivity index (χ1n) is 8.97. The summed E-state index contributed by atoms with van der Waals surface area (Å²) in [6.45, 7) is 8.46. The van der Waals surface area contributed by atoms with Gasteiger partial charge in [-0.1, -0.05) is 72.1 Å². The molecule has 0 aromatic carbocycles. The molecule has 0 aromatic rings. The number of rotatable bonds is 14. The molecule has 0 radical (unpaired) electrons. The zero-order valence-corrected chi connectivity index (χ0v) is 14.0. The normalized spacial score (nSPS) is 21.6. The van der Waals surface area contributed by atoms with E-state index in [0.717, 1.165) is 25.6 Å². The number of hydrogen-bond acceptors (Lipinski definition) is 2. The van der Waals surface area contributed by atoms with Gasteiger partial charge >= 0.3 is 0 Å². The van der Waals surface area contributed by atoms with Crippen molar-refractivity contribution in [3.63, 3.8) is 0 Å². The molecule has 1 heterocycles. The van der Waals surface area contributed by atoms with Gasteiger partial charge in [0.1, 0.15) is 6.10 Å². The van der Waals surface area contributed by atoms with Crippen LogP contribution in [0, 0.1) is 5.92 Å². The molecule has 1 saturated heterocycles. The van der Waals surface area contributed by atoms with Crippen molar-refractivity contribution in [2.24, 2.45) is 5.92 Å². The molecule has 2 atom stereocenters. The van der Waals surface area contributed by atoms with Crippen molar-refractivity contribution in [3.05, 3.63) is 0 Å². The van der Waals surface area contributed by atoms with E-state index in [2.05, 4.69) is 20.8 Å². The third-order valence-corrected chi connectivity index (χ3v) is 4.15. The number of hydrogen-bond donors (Lipinski definition) is 0. The van der Waals surface area contributed by atoms with Gasteiger partial charge in [-0.3, -0.25) is 0 Å². The highest BCUT2D eigenvalue weighted by atomic mass is 16.6. The maximum atomic E-state index is 5.66. The Bertz CT molecular complexity index is 215. The lowest BCUT2D eigenvalue weighted by atomic mass is 10.1. The first kappa shape index (κ1) is 18.0. The van der Waals surface area contributed by atoms with Gasteiger partial charge in [-0.15, -0.1) is 0 Å². The third-order valence-electron chi connectivity index (χ3n) is 4.15. The van der Waals surface area contributed by atoms with Gasteiger partial charge in [0, 0.05) is 6.61 Å². The van der Waals surface area contributed by atoms with E-state index >= 15 is 0 Å². The zero-order chi connectivity index (χ0) is 14.6. The molecular formula is C18H36O2. The lowest BCUT2D eigenvalue weighted by Gasteiger charge is -2.04. The molecule has 0 aromatic heterocycles. The Hall–Kier alpha value is -0.0800. The van der Waals surface area contributed by atoms with Gasteiger partial charge in [-0.25, -0.2) is 0 Å². The minimum atomic E-state index is 0.409. The molecule has 120 valence electrons. The fourth-order valence-electron chi connectivity index (χ4n) is 2.58. The van der Waals surface area contributed by atoms with E-state index in [9.17, 15) is 0 Å². The maximum Gasteiger partial charge on any atom is 0.107 e. The summed E-state index contributed by atoms with van der Waals surface area (Å²) in [6.07, 6.45) is 14.5. The summed E-state index contributed by atoms with van der Waals surface area (Å²) in [6, 6.07) is 0. The Morgan fingerprint density at radius 1 is 0.900 bits per heavy atom. The highest BCUT2D eigenvalue weighted by Gasteiger charge is 2.37. The molecule has 20 heavy (non-hydrogen) atoms. The third kappa shape index (κ3) is 9.77. The number of epoxide rings is 1. The van der Waals surface area contributed by atoms with Crippen molar-refractivity contribution in [1.29, 1.82) is 0 Å². The average molecular weight is 284 g/mol. The molecule has 0 N–H and O–H groups in total. The number of ether oxygens (including phenoxy) is 2. The Kier molecular flexibility index (Phi) is 10.4. The van der Waals surface area contributed by atoms with Gasteiger partial charge in [-0.2, -0.15) is 0 Å². The van der Waals surface area contributed by atoms with Crippen molar-refractivity contribution in [1.82, 2.24) is 0 Å². The van der Waals surface area contributed by atoms with Crippen molar-refractivity contribution in [3.8, 4) is 0 Å². The topological polar surface area (TPSA) is 21.8 Å². The molecule has 0 aliphatic carbocycles. The Labute approximate surface area is 126 Å². The maximum absolute atomic E-state index is 5.66. The van der Waals surface area contributed by atoms with Crippen LogP contribution in [0.1, 0.15) is 85.0 Å². The second-order valence-corrected chi connectivity index (χ2v) is 6.73. The van der Waals surface area contributed by atoms with Crippen LogP contribution in [-0.4, -0.2) is 25.4 Å². The van der Waals surface area contributed by atoms with E-state index in [-0.39, 0.29) is 0 Å². The van der Waals surface area contributed by atoms with Crippen LogP contribution >= 0.6 is 0 Å². The average Bonchev–Trinajstić information content (AvgIpc) is 3.16. The van der Waals surface area contributed by atoms with E-state index in [1.165, 1.54) is 57.8 Å². The quantitative estimate of drug-likeness (QED) is 0.317. The van der Waals surface area contributed by atoms with Crippen LogP contribution in [0.15, 0.2) is 0 Å². The molecular weight excluding hydrogens is 248 g/mol. The van der Waals surface area contributed by atoms with E-state index < -0.39 is 0 Å². The summed E-state index contributed by atoms with van der Waals surface area (Å²) < 4.78 is 11.3. The summed E-state index contributed by atoms with van der Waals surface area (Å²) in [7, 11) is 0. The molecule has 0 bridgehead atoms. The second kappa shape index (κ2) is 11.6. The summed E-state index contributed by atoms with van der Waals surface area (Å²) in [5.41, 5.74) is 0. The second-order valence-electron chi connectivity index (χ2n) is 6.73. The van der Waals surface area contributed by atoms with Crippen LogP contribution in [0.4, 0.5) is 0 Å². The largest absolute Gasteiger partial charge is 0.379 e. The van der Waals surface area contributed by atoms with Gasteiger partial charge in [0.25, 0.3) is 0 Å². The predicted molar refractivity (Wildman–Crippen MR) is 86.2 cm³/mol. The van der Waals surface area contributed by atoms with Crippen molar-refractivity contribution in [2.45, 2.75) is 97.2 Å². The lowest BCUT2D eigenvalue weighted by molar-refractivity contribution is 0.107. The molecule has 1 aliphatic heterocycles. The van der Waals surface area contributed by atoms with Gasteiger partial charge in [0.2, 0.25) is 0 Å². The van der Waals surface area contributed by atoms with Gasteiger partial charge in [0.05, 0.1) is 12.7 Å². The monoisotopic (exact) mass is 284 g/mol. The first-order valence-corrected chi connectivity index (χ1v) is 8.97. The highest BCUT2D eigenvalue weighted by Crippen LogP contribution is 2.28. The smallest absolute Gasteiger partial charge is 0.107 e. The van der Waals surface area contributed by atoms with Crippen LogP contribution < -0.4 is 0 Å². The van der Waals surface area contributed by atoms with E-state index in [4.69, 9.17) is 9.47 Å². The van der Waals surface area contributed by atoms with Crippen molar-refractivity contribution >= 4 is 0 Å². The molecule has 0 saturated carbocycles. The molecule has 0 unspecified atom stereocenters. The minimum absolute atomic E-state index is 0.409. The fraction of sp³-hybridized carbons (Fsp3) is 1.00. The minimum Gasteiger partial charge on any atom is -0.379 e. The van der Waals surface area contributed by atoms with E-state index in [1.807, 2.05) is 0 Å².